The van der Waals surface area contributed by atoms with Gasteiger partial charge in [-0.2, -0.15) is 0 Å². The summed E-state index contributed by atoms with van der Waals surface area (Å²) >= 11 is 0. The summed E-state index contributed by atoms with van der Waals surface area (Å²) in [5.41, 5.74) is 1.98. The van der Waals surface area contributed by atoms with Crippen LogP contribution in [0.3, 0.4) is 0 Å². The Kier molecular flexibility index (Phi) is 5.04. The second-order valence-corrected chi connectivity index (χ2v) is 7.31. The van der Waals surface area contributed by atoms with Crippen LogP contribution < -0.4 is 4.90 Å². The van der Waals surface area contributed by atoms with Crippen molar-refractivity contribution in [3.05, 3.63) is 29.3 Å². The second kappa shape index (κ2) is 6.51. The minimum atomic E-state index is -2.82. The first-order valence-corrected chi connectivity index (χ1v) is 8.43. The number of fused-ring (bicyclic) bond motifs is 1. The quantitative estimate of drug-likeness (QED) is 0.671. The first-order valence-electron chi connectivity index (χ1n) is 8.43. The van der Waals surface area contributed by atoms with Crippen LogP contribution in [-0.4, -0.2) is 18.5 Å². The van der Waals surface area contributed by atoms with Gasteiger partial charge in [0.2, 0.25) is 0 Å². The smallest absolute Gasteiger partial charge is 0.261 e. The molecule has 0 radical (unpaired) electrons. The fourth-order valence-electron chi connectivity index (χ4n) is 2.80. The number of rotatable bonds is 2. The molecule has 23 heavy (non-hydrogen) atoms. The molecule has 1 aliphatic rings. The van der Waals surface area contributed by atoms with Crippen molar-refractivity contribution < 1.29 is 8.78 Å². The lowest BCUT2D eigenvalue weighted by molar-refractivity contribution is -0.0585. The fourth-order valence-corrected chi connectivity index (χ4v) is 2.80. The zero-order chi connectivity index (χ0) is 17.3. The monoisotopic (exact) mass is 319 g/mol. The predicted octanol–water partition coefficient (Wildman–Crippen LogP) is 5.27. The molecule has 0 fully saturated rings. The van der Waals surface area contributed by atoms with Crippen LogP contribution in [0, 0.1) is 17.3 Å². The lowest BCUT2D eigenvalue weighted by Crippen LogP contribution is -2.32. The molecule has 1 aromatic rings. The van der Waals surface area contributed by atoms with Crippen LogP contribution in [0.5, 0.6) is 0 Å². The third kappa shape index (κ3) is 3.86. The minimum absolute atomic E-state index is 0.423. The van der Waals surface area contributed by atoms with Crippen LogP contribution in [0.25, 0.3) is 0 Å². The van der Waals surface area contributed by atoms with Gasteiger partial charge in [0.05, 0.1) is 5.41 Å². The highest BCUT2D eigenvalue weighted by Crippen LogP contribution is 2.35. The summed E-state index contributed by atoms with van der Waals surface area (Å²) in [7, 11) is 0. The van der Waals surface area contributed by atoms with Crippen LogP contribution in [0.15, 0.2) is 18.2 Å². The molecule has 0 N–H and O–H groups in total. The molecule has 1 aromatic carbocycles. The van der Waals surface area contributed by atoms with Crippen LogP contribution in [0.4, 0.5) is 14.5 Å². The summed E-state index contributed by atoms with van der Waals surface area (Å²) in [5.74, 6) is 3.04. The average Bonchev–Trinajstić information content (AvgIpc) is 2.66. The van der Waals surface area contributed by atoms with E-state index in [0.29, 0.717) is 6.04 Å². The molecule has 0 atom stereocenters. The van der Waals surface area contributed by atoms with Gasteiger partial charge in [-0.3, -0.25) is 0 Å². The molecule has 1 aliphatic heterocycles. The van der Waals surface area contributed by atoms with Gasteiger partial charge in [-0.05, 0) is 64.7 Å². The van der Waals surface area contributed by atoms with Gasteiger partial charge in [-0.15, -0.1) is 0 Å². The number of halogens is 2. The van der Waals surface area contributed by atoms with Crippen molar-refractivity contribution in [2.45, 2.75) is 65.8 Å². The molecule has 0 spiro atoms. The molecule has 2 rings (SSSR count). The van der Waals surface area contributed by atoms with E-state index in [2.05, 4.69) is 36.7 Å². The van der Waals surface area contributed by atoms with E-state index in [9.17, 15) is 8.78 Å². The number of hydrogen-bond acceptors (Lipinski definition) is 1. The molecule has 0 amide bonds. The van der Waals surface area contributed by atoms with E-state index in [1.807, 2.05) is 12.1 Å². The van der Waals surface area contributed by atoms with Crippen molar-refractivity contribution in [3.63, 3.8) is 0 Å². The van der Waals surface area contributed by atoms with Gasteiger partial charge in [0.25, 0.3) is 5.92 Å². The van der Waals surface area contributed by atoms with E-state index in [1.54, 1.807) is 0 Å². The predicted molar refractivity (Wildman–Crippen MR) is 93.1 cm³/mol. The third-order valence-corrected chi connectivity index (χ3v) is 4.77. The van der Waals surface area contributed by atoms with Crippen LogP contribution in [0.1, 0.15) is 58.6 Å². The van der Waals surface area contributed by atoms with Gasteiger partial charge < -0.3 is 4.90 Å². The number of alkyl halides is 2. The number of anilines is 1. The maximum Gasteiger partial charge on any atom is 0.261 e. The van der Waals surface area contributed by atoms with E-state index in [0.717, 1.165) is 38.3 Å². The molecule has 0 aromatic heterocycles. The van der Waals surface area contributed by atoms with Gasteiger partial charge in [0.15, 0.2) is 0 Å². The van der Waals surface area contributed by atoms with Crippen molar-refractivity contribution in [1.29, 1.82) is 0 Å². The van der Waals surface area contributed by atoms with E-state index >= 15 is 0 Å². The Balaban J connectivity index is 2.46. The Bertz CT molecular complexity index is 615. The maximum atomic E-state index is 13.7. The number of benzene rings is 1. The molecule has 0 aliphatic carbocycles. The van der Waals surface area contributed by atoms with Crippen molar-refractivity contribution >= 4 is 5.69 Å². The van der Waals surface area contributed by atoms with Gasteiger partial charge in [-0.1, -0.05) is 17.9 Å². The highest BCUT2D eigenvalue weighted by Gasteiger charge is 2.40. The highest BCUT2D eigenvalue weighted by molar-refractivity contribution is 5.62. The summed E-state index contributed by atoms with van der Waals surface area (Å²) in [5, 5.41) is 0. The largest absolute Gasteiger partial charge is 0.369 e. The molecule has 1 heterocycles. The van der Waals surface area contributed by atoms with Crippen LogP contribution in [-0.2, 0) is 6.42 Å². The van der Waals surface area contributed by atoms with Crippen LogP contribution in [0.2, 0.25) is 0 Å². The van der Waals surface area contributed by atoms with E-state index in [1.165, 1.54) is 25.1 Å². The zero-order valence-corrected chi connectivity index (χ0v) is 14.8. The molecule has 0 bridgehead atoms. The zero-order valence-electron chi connectivity index (χ0n) is 14.8. The topological polar surface area (TPSA) is 3.24 Å². The molecule has 126 valence electrons. The Hall–Kier alpha value is -1.56. The molecule has 0 saturated heterocycles. The van der Waals surface area contributed by atoms with E-state index in [-0.39, 0.29) is 0 Å². The summed E-state index contributed by atoms with van der Waals surface area (Å²) in [6.45, 7) is 9.36. The highest BCUT2D eigenvalue weighted by atomic mass is 19.3. The van der Waals surface area contributed by atoms with Crippen molar-refractivity contribution in [2.24, 2.45) is 5.41 Å². The second-order valence-electron chi connectivity index (χ2n) is 7.31. The van der Waals surface area contributed by atoms with Crippen molar-refractivity contribution in [3.8, 4) is 11.8 Å². The standard InChI is InChI=1S/C20H27F2N/c1-15(2)23-14-7-6-10-17-16(9-8-11-18(17)23)12-13-19(3,4)20(5,21)22/h8-9,11,15H,6-7,10,14H2,1-5H3. The maximum absolute atomic E-state index is 13.7. The van der Waals surface area contributed by atoms with Crippen molar-refractivity contribution in [1.82, 2.24) is 0 Å². The normalized spacial score (nSPS) is 15.7. The molecule has 1 nitrogen and oxygen atoms in total. The summed E-state index contributed by atoms with van der Waals surface area (Å²) in [4.78, 5) is 2.40. The SMILES string of the molecule is CC(C)N1CCCCc2c(C#CC(C)(C)C(C)(F)F)cccc21. The Morgan fingerprint density at radius 1 is 1.13 bits per heavy atom. The number of hydrogen-bond donors (Lipinski definition) is 0. The van der Waals surface area contributed by atoms with Gasteiger partial charge in [0, 0.05) is 30.8 Å². The summed E-state index contributed by atoms with van der Waals surface area (Å²) in [6.07, 6.45) is 3.23. The lowest BCUT2D eigenvalue weighted by Gasteiger charge is -2.29. The van der Waals surface area contributed by atoms with Gasteiger partial charge in [0.1, 0.15) is 0 Å². The third-order valence-electron chi connectivity index (χ3n) is 4.77. The van der Waals surface area contributed by atoms with Crippen molar-refractivity contribution in [2.75, 3.05) is 11.4 Å². The summed E-state index contributed by atoms with van der Waals surface area (Å²) in [6, 6.07) is 6.50. The number of nitrogens with zero attached hydrogens (tertiary/aromatic N) is 1. The molecule has 3 heteroatoms. The van der Waals surface area contributed by atoms with Gasteiger partial charge in [-0.25, -0.2) is 8.78 Å². The molecule has 0 saturated carbocycles. The summed E-state index contributed by atoms with van der Waals surface area (Å²) < 4.78 is 27.3. The first kappa shape index (κ1) is 17.8. The lowest BCUT2D eigenvalue weighted by atomic mass is 9.86. The average molecular weight is 319 g/mol. The van der Waals surface area contributed by atoms with Gasteiger partial charge >= 0.3 is 0 Å². The van der Waals surface area contributed by atoms with E-state index < -0.39 is 11.3 Å². The fraction of sp³-hybridized carbons (Fsp3) is 0.600. The molecular formula is C20H27F2N. The van der Waals surface area contributed by atoms with Crippen LogP contribution >= 0.6 is 0 Å². The molecular weight excluding hydrogens is 292 g/mol. The van der Waals surface area contributed by atoms with E-state index in [4.69, 9.17) is 0 Å². The Labute approximate surface area is 139 Å². The Morgan fingerprint density at radius 2 is 1.83 bits per heavy atom. The minimum Gasteiger partial charge on any atom is -0.369 e. The molecule has 0 unspecified atom stereocenters. The first-order chi connectivity index (χ1) is 10.6. The Morgan fingerprint density at radius 3 is 2.43 bits per heavy atom.